The molecule has 0 unspecified atom stereocenters. The molecule has 0 spiro atoms. The lowest BCUT2D eigenvalue weighted by molar-refractivity contribution is -0.120. The molecule has 0 fully saturated rings. The third-order valence-corrected chi connectivity index (χ3v) is 3.64. The fourth-order valence-electron chi connectivity index (χ4n) is 2.50. The lowest BCUT2D eigenvalue weighted by Crippen LogP contribution is -2.27. The number of hydrogen-bond acceptors (Lipinski definition) is 4. The van der Waals surface area contributed by atoms with Crippen molar-refractivity contribution < 1.29 is 4.79 Å². The molecule has 0 aliphatic carbocycles. The van der Waals surface area contributed by atoms with Gasteiger partial charge in [-0.15, -0.1) is 0 Å². The van der Waals surface area contributed by atoms with Crippen molar-refractivity contribution in [3.8, 4) is 0 Å². The Kier molecular flexibility index (Phi) is 4.69. The van der Waals surface area contributed by atoms with Crippen molar-refractivity contribution in [2.24, 2.45) is 0 Å². The summed E-state index contributed by atoms with van der Waals surface area (Å²) in [5.74, 6) is 0.574. The van der Waals surface area contributed by atoms with Crippen molar-refractivity contribution in [1.82, 2.24) is 24.9 Å². The average molecular weight is 325 g/mol. The minimum absolute atomic E-state index is 0.0905. The minimum Gasteiger partial charge on any atom is -0.356 e. The number of nitrogens with zero attached hydrogens (tertiary/aromatic N) is 3. The van der Waals surface area contributed by atoms with Gasteiger partial charge in [-0.05, 0) is 25.3 Å². The van der Waals surface area contributed by atoms with Gasteiger partial charge in [0.15, 0.2) is 0 Å². The van der Waals surface area contributed by atoms with Crippen molar-refractivity contribution in [1.29, 1.82) is 0 Å². The summed E-state index contributed by atoms with van der Waals surface area (Å²) in [7, 11) is 0. The van der Waals surface area contributed by atoms with Gasteiger partial charge >= 0.3 is 0 Å². The molecule has 0 bridgehead atoms. The predicted octanol–water partition coefficient (Wildman–Crippen LogP) is 1.02. The highest BCUT2D eigenvalue weighted by Gasteiger charge is 2.10. The van der Waals surface area contributed by atoms with Crippen molar-refractivity contribution in [3.05, 3.63) is 63.8 Å². The Morgan fingerprint density at radius 2 is 2.04 bits per heavy atom. The fraction of sp³-hybridized carbons (Fsp3) is 0.294. The summed E-state index contributed by atoms with van der Waals surface area (Å²) in [5, 5.41) is 5.67. The number of aromatic amines is 1. The van der Waals surface area contributed by atoms with Gasteiger partial charge in [0, 0.05) is 18.3 Å². The van der Waals surface area contributed by atoms with Gasteiger partial charge in [0.25, 0.3) is 11.3 Å². The molecule has 2 heterocycles. The summed E-state index contributed by atoms with van der Waals surface area (Å²) in [6, 6.07) is 11.6. The second kappa shape index (κ2) is 7.08. The number of nitrogens with one attached hydrogen (secondary N) is 2. The molecule has 1 aromatic carbocycles. The van der Waals surface area contributed by atoms with Crippen LogP contribution in [0.1, 0.15) is 23.5 Å². The van der Waals surface area contributed by atoms with E-state index in [0.717, 1.165) is 12.8 Å². The van der Waals surface area contributed by atoms with E-state index in [0.29, 0.717) is 18.1 Å². The maximum Gasteiger partial charge on any atom is 0.274 e. The number of carbonyl (C=O) groups excluding carboxylic acids is 1. The quantitative estimate of drug-likeness (QED) is 0.662. The van der Waals surface area contributed by atoms with E-state index < -0.39 is 0 Å². The number of aryl methyl sites for hydroxylation is 2. The zero-order valence-corrected chi connectivity index (χ0v) is 13.5. The normalized spacial score (nSPS) is 10.9. The van der Waals surface area contributed by atoms with E-state index in [2.05, 4.69) is 32.5 Å². The molecule has 0 atom stereocenters. The van der Waals surface area contributed by atoms with E-state index in [4.69, 9.17) is 0 Å². The Morgan fingerprint density at radius 1 is 1.25 bits per heavy atom. The summed E-state index contributed by atoms with van der Waals surface area (Å²) in [4.78, 5) is 32.1. The molecule has 3 rings (SSSR count). The van der Waals surface area contributed by atoms with Gasteiger partial charge in [0.05, 0.1) is 6.42 Å². The van der Waals surface area contributed by atoms with Crippen LogP contribution in [0.25, 0.3) is 5.78 Å². The molecule has 2 N–H and O–H groups in total. The molecule has 2 aromatic heterocycles. The molecule has 0 radical (unpaired) electrons. The van der Waals surface area contributed by atoms with Gasteiger partial charge in [0.2, 0.25) is 5.91 Å². The number of amides is 1. The van der Waals surface area contributed by atoms with E-state index >= 15 is 0 Å². The van der Waals surface area contributed by atoms with Crippen LogP contribution in [0.4, 0.5) is 0 Å². The van der Waals surface area contributed by atoms with Crippen molar-refractivity contribution >= 4 is 11.7 Å². The van der Waals surface area contributed by atoms with Gasteiger partial charge in [-0.2, -0.15) is 9.50 Å². The molecule has 24 heavy (non-hydrogen) atoms. The van der Waals surface area contributed by atoms with Gasteiger partial charge in [-0.1, -0.05) is 30.3 Å². The van der Waals surface area contributed by atoms with E-state index in [1.54, 1.807) is 6.92 Å². The zero-order chi connectivity index (χ0) is 16.9. The first-order chi connectivity index (χ1) is 11.6. The first kappa shape index (κ1) is 15.9. The lowest BCUT2D eigenvalue weighted by Gasteiger charge is -2.04. The molecule has 3 aromatic rings. The Bertz CT molecular complexity index is 898. The summed E-state index contributed by atoms with van der Waals surface area (Å²) in [6.45, 7) is 2.33. The van der Waals surface area contributed by atoms with Gasteiger partial charge in [-0.25, -0.2) is 4.98 Å². The molecular formula is C17H19N5O2. The summed E-state index contributed by atoms with van der Waals surface area (Å²) in [6.07, 6.45) is 1.88. The summed E-state index contributed by atoms with van der Waals surface area (Å²) < 4.78 is 1.24. The monoisotopic (exact) mass is 325 g/mol. The number of aromatic nitrogens is 4. The summed E-state index contributed by atoms with van der Waals surface area (Å²) >= 11 is 0. The number of hydrogen-bond donors (Lipinski definition) is 2. The fourth-order valence-corrected chi connectivity index (χ4v) is 2.50. The lowest BCUT2D eigenvalue weighted by atomic mass is 10.1. The van der Waals surface area contributed by atoms with Crippen LogP contribution in [0.2, 0.25) is 0 Å². The van der Waals surface area contributed by atoms with E-state index in [1.807, 2.05) is 18.2 Å². The number of benzene rings is 1. The van der Waals surface area contributed by atoms with Crippen LogP contribution in [0.3, 0.4) is 0 Å². The van der Waals surface area contributed by atoms with Gasteiger partial charge in [-0.3, -0.25) is 14.7 Å². The van der Waals surface area contributed by atoms with Crippen LogP contribution in [0, 0.1) is 6.92 Å². The highest BCUT2D eigenvalue weighted by atomic mass is 16.1. The van der Waals surface area contributed by atoms with E-state index in [-0.39, 0.29) is 23.7 Å². The van der Waals surface area contributed by atoms with Crippen LogP contribution < -0.4 is 10.9 Å². The SMILES string of the molecule is Cc1cc(=O)n2[nH]c(CC(=O)NCCCc3ccccc3)nc2n1. The molecule has 0 aliphatic rings. The number of carbonyl (C=O) groups is 1. The highest BCUT2D eigenvalue weighted by molar-refractivity contribution is 5.77. The third-order valence-electron chi connectivity index (χ3n) is 3.64. The largest absolute Gasteiger partial charge is 0.356 e. The Hall–Kier alpha value is -2.96. The second-order valence-corrected chi connectivity index (χ2v) is 5.66. The van der Waals surface area contributed by atoms with Gasteiger partial charge < -0.3 is 5.32 Å². The highest BCUT2D eigenvalue weighted by Crippen LogP contribution is 2.02. The zero-order valence-electron chi connectivity index (χ0n) is 13.5. The number of rotatable bonds is 6. The molecule has 1 amide bonds. The van der Waals surface area contributed by atoms with E-state index in [9.17, 15) is 9.59 Å². The van der Waals surface area contributed by atoms with Crippen LogP contribution in [0.5, 0.6) is 0 Å². The molecule has 7 heteroatoms. The molecule has 7 nitrogen and oxygen atoms in total. The van der Waals surface area contributed by atoms with Crippen LogP contribution >= 0.6 is 0 Å². The minimum atomic E-state index is -0.237. The maximum absolute atomic E-state index is 12.0. The van der Waals surface area contributed by atoms with E-state index in [1.165, 1.54) is 16.1 Å². The smallest absolute Gasteiger partial charge is 0.274 e. The van der Waals surface area contributed by atoms with Crippen molar-refractivity contribution in [3.63, 3.8) is 0 Å². The molecular weight excluding hydrogens is 306 g/mol. The molecule has 0 saturated heterocycles. The topological polar surface area (TPSA) is 92.1 Å². The van der Waals surface area contributed by atoms with Crippen LogP contribution in [-0.2, 0) is 17.6 Å². The first-order valence-electron chi connectivity index (χ1n) is 7.88. The third kappa shape index (κ3) is 3.87. The first-order valence-corrected chi connectivity index (χ1v) is 7.88. The molecule has 0 saturated carbocycles. The van der Waals surface area contributed by atoms with Crippen molar-refractivity contribution in [2.45, 2.75) is 26.2 Å². The Morgan fingerprint density at radius 3 is 2.83 bits per heavy atom. The van der Waals surface area contributed by atoms with Crippen LogP contribution in [-0.4, -0.2) is 32.0 Å². The molecule has 0 aliphatic heterocycles. The predicted molar refractivity (Wildman–Crippen MR) is 89.8 cm³/mol. The number of fused-ring (bicyclic) bond motifs is 1. The van der Waals surface area contributed by atoms with Crippen molar-refractivity contribution in [2.75, 3.05) is 6.54 Å². The Labute approximate surface area is 138 Å². The Balaban J connectivity index is 1.52. The molecule has 124 valence electrons. The maximum atomic E-state index is 12.0. The summed E-state index contributed by atoms with van der Waals surface area (Å²) in [5.41, 5.74) is 1.62. The number of H-pyrrole nitrogens is 1. The van der Waals surface area contributed by atoms with Gasteiger partial charge in [0.1, 0.15) is 5.82 Å². The average Bonchev–Trinajstić information content (AvgIpc) is 2.95. The second-order valence-electron chi connectivity index (χ2n) is 5.66. The standard InChI is InChI=1S/C17H19N5O2/c1-12-10-16(24)22-17(19-12)20-14(21-22)11-15(23)18-9-5-8-13-6-3-2-4-7-13/h2-4,6-7,10H,5,8-9,11H2,1H3,(H,18,23)(H,19,20,21). The van der Waals surface area contributed by atoms with Crippen LogP contribution in [0.15, 0.2) is 41.2 Å².